The Morgan fingerprint density at radius 1 is 1.24 bits per heavy atom. The Bertz CT molecular complexity index is 825. The molecule has 0 aliphatic heterocycles. The minimum absolute atomic E-state index is 0.590. The van der Waals surface area contributed by atoms with E-state index in [0.29, 0.717) is 0 Å². The maximum Gasteiger partial charge on any atom is 0.331 e. The summed E-state index contributed by atoms with van der Waals surface area (Å²) in [7, 11) is 0. The number of esters is 1. The van der Waals surface area contributed by atoms with Gasteiger partial charge in [-0.1, -0.05) is 18.2 Å². The molecule has 130 valence electrons. The predicted molar refractivity (Wildman–Crippen MR) is 90.8 cm³/mol. The van der Waals surface area contributed by atoms with Crippen LogP contribution < -0.4 is 11.1 Å². The molecule has 1 aromatic heterocycles. The van der Waals surface area contributed by atoms with E-state index in [2.05, 4.69) is 5.10 Å². The van der Waals surface area contributed by atoms with Gasteiger partial charge in [-0.2, -0.15) is 5.10 Å². The van der Waals surface area contributed by atoms with Gasteiger partial charge in [0.25, 0.3) is 5.91 Å². The largest absolute Gasteiger partial charge is 0.452 e. The second kappa shape index (κ2) is 7.91. The number of urea groups is 1. The first-order chi connectivity index (χ1) is 11.9. The fourth-order valence-corrected chi connectivity index (χ4v) is 2.23. The van der Waals surface area contributed by atoms with Crippen LogP contribution in [0, 0.1) is 13.8 Å². The summed E-state index contributed by atoms with van der Waals surface area (Å²) in [5.74, 6) is -1.51. The molecule has 0 atom stereocenters. The number of imide groups is 1. The molecular formula is C17H18N4O4. The third-order valence-electron chi connectivity index (χ3n) is 3.34. The van der Waals surface area contributed by atoms with Gasteiger partial charge in [-0.3, -0.25) is 10.1 Å². The van der Waals surface area contributed by atoms with Crippen LogP contribution in [0.25, 0.3) is 11.8 Å². The van der Waals surface area contributed by atoms with Gasteiger partial charge in [-0.25, -0.2) is 14.3 Å². The molecule has 0 spiro atoms. The van der Waals surface area contributed by atoms with Crippen molar-refractivity contribution >= 4 is 24.0 Å². The number of nitrogens with two attached hydrogens (primary N) is 1. The van der Waals surface area contributed by atoms with E-state index in [0.717, 1.165) is 22.6 Å². The quantitative estimate of drug-likeness (QED) is 0.626. The number of carbonyl (C=O) groups excluding carboxylic acids is 3. The van der Waals surface area contributed by atoms with Crippen LogP contribution in [0.3, 0.4) is 0 Å². The molecule has 0 radical (unpaired) electrons. The van der Waals surface area contributed by atoms with E-state index >= 15 is 0 Å². The number of carbonyl (C=O) groups is 3. The van der Waals surface area contributed by atoms with Gasteiger partial charge in [-0.15, -0.1) is 0 Å². The molecule has 25 heavy (non-hydrogen) atoms. The van der Waals surface area contributed by atoms with Crippen LogP contribution >= 0.6 is 0 Å². The van der Waals surface area contributed by atoms with Crippen LogP contribution in [0.5, 0.6) is 0 Å². The molecule has 2 rings (SSSR count). The van der Waals surface area contributed by atoms with E-state index in [1.807, 2.05) is 44.2 Å². The Hall–Kier alpha value is -3.42. The summed E-state index contributed by atoms with van der Waals surface area (Å²) >= 11 is 0. The van der Waals surface area contributed by atoms with E-state index in [1.54, 1.807) is 16.1 Å². The van der Waals surface area contributed by atoms with Crippen molar-refractivity contribution < 1.29 is 19.1 Å². The molecular weight excluding hydrogens is 324 g/mol. The summed E-state index contributed by atoms with van der Waals surface area (Å²) in [5.41, 5.74) is 8.08. The number of nitrogens with one attached hydrogen (secondary N) is 1. The van der Waals surface area contributed by atoms with Crippen LogP contribution in [-0.2, 0) is 14.3 Å². The molecule has 0 fully saturated rings. The second-order valence-corrected chi connectivity index (χ2v) is 5.19. The van der Waals surface area contributed by atoms with Gasteiger partial charge in [0.1, 0.15) is 0 Å². The van der Waals surface area contributed by atoms with E-state index < -0.39 is 24.5 Å². The number of hydrogen-bond acceptors (Lipinski definition) is 5. The summed E-state index contributed by atoms with van der Waals surface area (Å²) in [6, 6.07) is 8.60. The Labute approximate surface area is 144 Å². The molecule has 1 aromatic carbocycles. The van der Waals surface area contributed by atoms with Crippen molar-refractivity contribution in [3.63, 3.8) is 0 Å². The molecule has 8 heteroatoms. The van der Waals surface area contributed by atoms with E-state index in [1.165, 1.54) is 6.08 Å². The highest BCUT2D eigenvalue weighted by Gasteiger charge is 2.11. The van der Waals surface area contributed by atoms with Gasteiger partial charge in [-0.05, 0) is 32.1 Å². The zero-order valence-electron chi connectivity index (χ0n) is 13.9. The fourth-order valence-electron chi connectivity index (χ4n) is 2.23. The zero-order chi connectivity index (χ0) is 18.4. The van der Waals surface area contributed by atoms with Crippen molar-refractivity contribution in [3.05, 3.63) is 53.4 Å². The molecule has 3 N–H and O–H groups in total. The number of aryl methyl sites for hydroxylation is 1. The molecule has 2 aromatic rings. The highest BCUT2D eigenvalue weighted by atomic mass is 16.5. The number of rotatable bonds is 5. The monoisotopic (exact) mass is 342 g/mol. The lowest BCUT2D eigenvalue weighted by molar-refractivity contribution is -0.143. The van der Waals surface area contributed by atoms with Crippen LogP contribution in [0.15, 0.2) is 36.4 Å². The number of para-hydroxylation sites is 1. The van der Waals surface area contributed by atoms with Gasteiger partial charge in [0.2, 0.25) is 0 Å². The lowest BCUT2D eigenvalue weighted by Crippen LogP contribution is -2.37. The third-order valence-corrected chi connectivity index (χ3v) is 3.34. The van der Waals surface area contributed by atoms with E-state index in [9.17, 15) is 14.4 Å². The molecule has 1 heterocycles. The average molecular weight is 342 g/mol. The second-order valence-electron chi connectivity index (χ2n) is 5.19. The molecule has 3 amide bonds. The molecule has 0 aliphatic rings. The lowest BCUT2D eigenvalue weighted by atomic mass is 10.2. The minimum Gasteiger partial charge on any atom is -0.452 e. The Morgan fingerprint density at radius 2 is 1.92 bits per heavy atom. The van der Waals surface area contributed by atoms with Crippen LogP contribution in [0.1, 0.15) is 17.0 Å². The summed E-state index contributed by atoms with van der Waals surface area (Å²) < 4.78 is 6.50. The van der Waals surface area contributed by atoms with Crippen molar-refractivity contribution in [2.75, 3.05) is 6.61 Å². The van der Waals surface area contributed by atoms with E-state index in [-0.39, 0.29) is 0 Å². The normalized spacial score (nSPS) is 10.6. The Kier molecular flexibility index (Phi) is 5.67. The van der Waals surface area contributed by atoms with Crippen molar-refractivity contribution in [2.45, 2.75) is 13.8 Å². The van der Waals surface area contributed by atoms with Crippen molar-refractivity contribution in [2.24, 2.45) is 5.73 Å². The van der Waals surface area contributed by atoms with Crippen molar-refractivity contribution in [1.82, 2.24) is 15.1 Å². The first-order valence-corrected chi connectivity index (χ1v) is 7.44. The first-order valence-electron chi connectivity index (χ1n) is 7.44. The van der Waals surface area contributed by atoms with Crippen molar-refractivity contribution in [1.29, 1.82) is 0 Å². The standard InChI is InChI=1S/C17H18N4O4/c1-11-14(8-9-16(23)25-10-15(22)19-17(18)24)12(2)21(20-11)13-6-4-3-5-7-13/h3-9H,10H2,1-2H3,(H3,18,19,22,24)/b9-8+. The average Bonchev–Trinajstić information content (AvgIpc) is 2.85. The highest BCUT2D eigenvalue weighted by molar-refractivity contribution is 5.95. The maximum atomic E-state index is 11.7. The minimum atomic E-state index is -1.00. The van der Waals surface area contributed by atoms with Crippen LogP contribution in [0.2, 0.25) is 0 Å². The zero-order valence-corrected chi connectivity index (χ0v) is 13.9. The van der Waals surface area contributed by atoms with Gasteiger partial charge in [0, 0.05) is 17.3 Å². The van der Waals surface area contributed by atoms with Gasteiger partial charge >= 0.3 is 12.0 Å². The van der Waals surface area contributed by atoms with Crippen molar-refractivity contribution in [3.8, 4) is 5.69 Å². The number of amides is 3. The number of nitrogens with zero attached hydrogens (tertiary/aromatic N) is 2. The number of ether oxygens (including phenoxy) is 1. The molecule has 0 unspecified atom stereocenters. The first kappa shape index (κ1) is 17.9. The maximum absolute atomic E-state index is 11.7. The predicted octanol–water partition coefficient (Wildman–Crippen LogP) is 1.24. The number of primary amides is 1. The van der Waals surface area contributed by atoms with Crippen LogP contribution in [-0.4, -0.2) is 34.3 Å². The molecule has 8 nitrogen and oxygen atoms in total. The fraction of sp³-hybridized carbons (Fsp3) is 0.176. The third kappa shape index (κ3) is 4.77. The van der Waals surface area contributed by atoms with Gasteiger partial charge in [0.15, 0.2) is 6.61 Å². The topological polar surface area (TPSA) is 116 Å². The molecule has 0 saturated carbocycles. The lowest BCUT2D eigenvalue weighted by Gasteiger charge is -2.03. The SMILES string of the molecule is Cc1nn(-c2ccccc2)c(C)c1/C=C/C(=O)OCC(=O)NC(N)=O. The van der Waals surface area contributed by atoms with Crippen LogP contribution in [0.4, 0.5) is 4.79 Å². The molecule has 0 aliphatic carbocycles. The highest BCUT2D eigenvalue weighted by Crippen LogP contribution is 2.19. The summed E-state index contributed by atoms with van der Waals surface area (Å²) in [5, 5.41) is 6.26. The Morgan fingerprint density at radius 3 is 2.56 bits per heavy atom. The molecule has 0 bridgehead atoms. The van der Waals surface area contributed by atoms with E-state index in [4.69, 9.17) is 10.5 Å². The van der Waals surface area contributed by atoms with Gasteiger partial charge in [0.05, 0.1) is 11.4 Å². The summed E-state index contributed by atoms with van der Waals surface area (Å²) in [4.78, 5) is 33.3. The molecule has 0 saturated heterocycles. The smallest absolute Gasteiger partial charge is 0.331 e. The Balaban J connectivity index is 2.06. The summed E-state index contributed by atoms with van der Waals surface area (Å²) in [6.07, 6.45) is 2.77. The number of hydrogen-bond donors (Lipinski definition) is 2. The van der Waals surface area contributed by atoms with Gasteiger partial charge < -0.3 is 10.5 Å². The number of aromatic nitrogens is 2. The summed E-state index contributed by atoms with van der Waals surface area (Å²) in [6.45, 7) is 3.13. The number of benzene rings is 1.